The van der Waals surface area contributed by atoms with E-state index >= 15 is 0 Å². The van der Waals surface area contributed by atoms with Crippen LogP contribution in [-0.4, -0.2) is 68.1 Å². The predicted octanol–water partition coefficient (Wildman–Crippen LogP) is 3.29. The first-order valence-electron chi connectivity index (χ1n) is 9.79. The molecule has 1 amide bonds. The minimum Gasteiger partial charge on any atom is -0.462 e. The second kappa shape index (κ2) is 10.2. The molecule has 1 aliphatic heterocycles. The summed E-state index contributed by atoms with van der Waals surface area (Å²) in [5.74, 6) is -0.468. The van der Waals surface area contributed by atoms with Gasteiger partial charge in [0.25, 0.3) is 0 Å². The number of rotatable bonds is 8. The number of ether oxygens (including phenoxy) is 1. The number of thiophene rings is 1. The van der Waals surface area contributed by atoms with E-state index in [2.05, 4.69) is 22.2 Å². The smallest absolute Gasteiger partial charge is 0.341 e. The molecule has 1 unspecified atom stereocenters. The average Bonchev–Trinajstić information content (AvgIpc) is 2.88. The molecule has 6 nitrogen and oxygen atoms in total. The van der Waals surface area contributed by atoms with E-state index in [9.17, 15) is 9.59 Å². The first kappa shape index (κ1) is 21.9. The van der Waals surface area contributed by atoms with Gasteiger partial charge in [0.15, 0.2) is 0 Å². The third kappa shape index (κ3) is 6.02. The summed E-state index contributed by atoms with van der Waals surface area (Å²) in [4.78, 5) is 30.2. The van der Waals surface area contributed by atoms with Gasteiger partial charge in [0.2, 0.25) is 5.91 Å². The van der Waals surface area contributed by atoms with E-state index in [0.717, 1.165) is 23.4 Å². The first-order valence-corrected chi connectivity index (χ1v) is 10.6. The van der Waals surface area contributed by atoms with Crippen LogP contribution in [-0.2, 0) is 9.53 Å². The molecular weight excluding hydrogens is 362 g/mol. The molecule has 1 fully saturated rings. The molecule has 0 spiro atoms. The summed E-state index contributed by atoms with van der Waals surface area (Å²) in [5.41, 5.74) is 1.36. The zero-order valence-electron chi connectivity index (χ0n) is 17.3. The fourth-order valence-electron chi connectivity index (χ4n) is 3.53. The Morgan fingerprint density at radius 1 is 1.33 bits per heavy atom. The number of hydrogen-bond acceptors (Lipinski definition) is 6. The Balaban J connectivity index is 1.89. The summed E-state index contributed by atoms with van der Waals surface area (Å²) in [7, 11) is 4.16. The molecule has 0 saturated carbocycles. The van der Waals surface area contributed by atoms with Gasteiger partial charge >= 0.3 is 5.97 Å². The standard InChI is InChI=1S/C20H33N3O3S/c1-6-26-20(25)18-14(2)15(3)27-19(18)21-17(24)13-22(4)12-10-16-9-7-8-11-23(16)5/h16H,6-13H2,1-5H3,(H,21,24). The van der Waals surface area contributed by atoms with Crippen molar-refractivity contribution in [3.8, 4) is 0 Å². The Kier molecular flexibility index (Phi) is 8.26. The fourth-order valence-corrected chi connectivity index (χ4v) is 4.60. The number of piperidine rings is 1. The van der Waals surface area contributed by atoms with Gasteiger partial charge < -0.3 is 15.0 Å². The van der Waals surface area contributed by atoms with Crippen LogP contribution < -0.4 is 5.32 Å². The summed E-state index contributed by atoms with van der Waals surface area (Å²) < 4.78 is 5.14. The largest absolute Gasteiger partial charge is 0.462 e. The molecule has 2 rings (SSSR count). The summed E-state index contributed by atoms with van der Waals surface area (Å²) in [5, 5.41) is 3.51. The lowest BCUT2D eigenvalue weighted by Gasteiger charge is -2.33. The molecule has 7 heteroatoms. The van der Waals surface area contributed by atoms with E-state index in [1.54, 1.807) is 6.92 Å². The molecule has 152 valence electrons. The fraction of sp³-hybridized carbons (Fsp3) is 0.700. The maximum absolute atomic E-state index is 12.5. The molecule has 0 bridgehead atoms. The van der Waals surface area contributed by atoms with E-state index in [-0.39, 0.29) is 11.9 Å². The molecule has 27 heavy (non-hydrogen) atoms. The molecule has 0 aromatic carbocycles. The number of amides is 1. The Bertz CT molecular complexity index is 659. The van der Waals surface area contributed by atoms with Crippen molar-refractivity contribution in [2.75, 3.05) is 45.7 Å². The summed E-state index contributed by atoms with van der Waals surface area (Å²) in [6.07, 6.45) is 4.90. The minimum atomic E-state index is -0.372. The van der Waals surface area contributed by atoms with Gasteiger partial charge in [-0.2, -0.15) is 0 Å². The lowest BCUT2D eigenvalue weighted by molar-refractivity contribution is -0.117. The quantitative estimate of drug-likeness (QED) is 0.685. The van der Waals surface area contributed by atoms with Gasteiger partial charge in [-0.15, -0.1) is 11.3 Å². The highest BCUT2D eigenvalue weighted by Crippen LogP contribution is 2.33. The van der Waals surface area contributed by atoms with Crippen LogP contribution in [0.25, 0.3) is 0 Å². The van der Waals surface area contributed by atoms with E-state index in [1.165, 1.54) is 37.1 Å². The van der Waals surface area contributed by atoms with Crippen molar-refractivity contribution in [3.63, 3.8) is 0 Å². The maximum Gasteiger partial charge on any atom is 0.341 e. The molecule has 1 N–H and O–H groups in total. The monoisotopic (exact) mass is 395 g/mol. The van der Waals surface area contributed by atoms with Gasteiger partial charge in [-0.25, -0.2) is 4.79 Å². The highest BCUT2D eigenvalue weighted by atomic mass is 32.1. The van der Waals surface area contributed by atoms with Gasteiger partial charge in [0, 0.05) is 10.9 Å². The van der Waals surface area contributed by atoms with E-state index < -0.39 is 0 Å². The number of carbonyl (C=O) groups excluding carboxylic acids is 2. The number of likely N-dealkylation sites (tertiary alicyclic amines) is 1. The number of aryl methyl sites for hydroxylation is 1. The van der Waals surface area contributed by atoms with Crippen molar-refractivity contribution in [3.05, 3.63) is 16.0 Å². The van der Waals surface area contributed by atoms with Crippen LogP contribution in [0.3, 0.4) is 0 Å². The first-order chi connectivity index (χ1) is 12.8. The van der Waals surface area contributed by atoms with Gasteiger partial charge in [0.05, 0.1) is 18.7 Å². The van der Waals surface area contributed by atoms with Gasteiger partial charge in [-0.1, -0.05) is 6.42 Å². The number of nitrogens with zero attached hydrogens (tertiary/aromatic N) is 2. The lowest BCUT2D eigenvalue weighted by atomic mass is 10.00. The van der Waals surface area contributed by atoms with Crippen LogP contribution in [0.1, 0.15) is 53.4 Å². The topological polar surface area (TPSA) is 61.9 Å². The molecule has 1 aliphatic rings. The number of anilines is 1. The molecule has 2 heterocycles. The summed E-state index contributed by atoms with van der Waals surface area (Å²) >= 11 is 1.43. The van der Waals surface area contributed by atoms with Gasteiger partial charge in [0.1, 0.15) is 5.00 Å². The second-order valence-electron chi connectivity index (χ2n) is 7.41. The van der Waals surface area contributed by atoms with Crippen molar-refractivity contribution in [1.29, 1.82) is 0 Å². The van der Waals surface area contributed by atoms with E-state index in [0.29, 0.717) is 29.8 Å². The zero-order chi connectivity index (χ0) is 20.0. The number of esters is 1. The van der Waals surface area contributed by atoms with E-state index in [1.807, 2.05) is 20.9 Å². The van der Waals surface area contributed by atoms with Crippen LogP contribution >= 0.6 is 11.3 Å². The highest BCUT2D eigenvalue weighted by Gasteiger charge is 2.23. The van der Waals surface area contributed by atoms with Crippen molar-refractivity contribution >= 4 is 28.2 Å². The van der Waals surface area contributed by atoms with Gasteiger partial charge in [-0.05, 0) is 72.8 Å². The van der Waals surface area contributed by atoms with Crippen LogP contribution in [0.15, 0.2) is 0 Å². The van der Waals surface area contributed by atoms with Crippen molar-refractivity contribution in [1.82, 2.24) is 9.80 Å². The third-order valence-electron chi connectivity index (χ3n) is 5.30. The average molecular weight is 396 g/mol. The predicted molar refractivity (Wildman–Crippen MR) is 111 cm³/mol. The maximum atomic E-state index is 12.5. The highest BCUT2D eigenvalue weighted by molar-refractivity contribution is 7.16. The van der Waals surface area contributed by atoms with Crippen molar-refractivity contribution in [2.24, 2.45) is 0 Å². The molecule has 1 aromatic heterocycles. The van der Waals surface area contributed by atoms with Gasteiger partial charge in [-0.3, -0.25) is 9.69 Å². The number of nitrogens with one attached hydrogen (secondary N) is 1. The normalized spacial score (nSPS) is 17.9. The van der Waals surface area contributed by atoms with Crippen LogP contribution in [0.2, 0.25) is 0 Å². The van der Waals surface area contributed by atoms with Crippen molar-refractivity contribution < 1.29 is 14.3 Å². The van der Waals surface area contributed by atoms with Crippen LogP contribution in [0.5, 0.6) is 0 Å². The Labute approximate surface area is 166 Å². The van der Waals surface area contributed by atoms with Crippen molar-refractivity contribution in [2.45, 2.75) is 52.5 Å². The zero-order valence-corrected chi connectivity index (χ0v) is 18.1. The lowest BCUT2D eigenvalue weighted by Crippen LogP contribution is -2.39. The molecule has 0 aliphatic carbocycles. The molecule has 0 radical (unpaired) electrons. The molecule has 1 saturated heterocycles. The number of hydrogen-bond donors (Lipinski definition) is 1. The molecular formula is C20H33N3O3S. The summed E-state index contributed by atoms with van der Waals surface area (Å²) in [6, 6.07) is 0.613. The third-order valence-corrected chi connectivity index (χ3v) is 6.42. The Morgan fingerprint density at radius 2 is 2.07 bits per heavy atom. The van der Waals surface area contributed by atoms with Crippen LogP contribution in [0, 0.1) is 13.8 Å². The second-order valence-corrected chi connectivity index (χ2v) is 8.64. The Morgan fingerprint density at radius 3 is 2.74 bits per heavy atom. The number of likely N-dealkylation sites (N-methyl/N-ethyl adjacent to an activating group) is 1. The van der Waals surface area contributed by atoms with E-state index in [4.69, 9.17) is 4.74 Å². The van der Waals surface area contributed by atoms with Crippen LogP contribution in [0.4, 0.5) is 5.00 Å². The summed E-state index contributed by atoms with van der Waals surface area (Å²) in [6.45, 7) is 8.31. The Hall–Kier alpha value is -1.44. The molecule has 1 aromatic rings. The number of carbonyl (C=O) groups is 2. The molecule has 1 atom stereocenters. The SMILES string of the molecule is CCOC(=O)c1c(NC(=O)CN(C)CCC2CCCCN2C)sc(C)c1C. The minimum absolute atomic E-state index is 0.0960.